The summed E-state index contributed by atoms with van der Waals surface area (Å²) in [7, 11) is 0. The number of nitrogens with one attached hydrogen (secondary N) is 1. The summed E-state index contributed by atoms with van der Waals surface area (Å²) in [5, 5.41) is 19.3. The number of aliphatic carboxylic acids is 1. The lowest BCUT2D eigenvalue weighted by atomic mass is 10.1. The van der Waals surface area contributed by atoms with Gasteiger partial charge in [-0.25, -0.2) is 13.6 Å². The molecule has 0 radical (unpaired) electrons. The van der Waals surface area contributed by atoms with Gasteiger partial charge in [0.15, 0.2) is 0 Å². The van der Waals surface area contributed by atoms with Crippen molar-refractivity contribution in [3.8, 4) is 0 Å². The molecule has 1 aromatic rings. The SMILES string of the molecule is O=C(N[C@@H](CCO)C(=O)O)c1c(F)cc(Br)cc1F. The van der Waals surface area contributed by atoms with Gasteiger partial charge in [0.25, 0.3) is 5.91 Å². The number of aliphatic hydroxyl groups is 1. The third-order valence-electron chi connectivity index (χ3n) is 2.26. The molecule has 0 aliphatic rings. The number of hydrogen-bond donors (Lipinski definition) is 3. The van der Waals surface area contributed by atoms with Crippen molar-refractivity contribution in [3.63, 3.8) is 0 Å². The fourth-order valence-corrected chi connectivity index (χ4v) is 1.78. The van der Waals surface area contributed by atoms with Gasteiger partial charge in [-0.3, -0.25) is 4.79 Å². The highest BCUT2D eigenvalue weighted by atomic mass is 79.9. The van der Waals surface area contributed by atoms with Gasteiger partial charge in [0, 0.05) is 17.5 Å². The maximum atomic E-state index is 13.5. The molecule has 3 N–H and O–H groups in total. The summed E-state index contributed by atoms with van der Waals surface area (Å²) in [5.74, 6) is -4.82. The van der Waals surface area contributed by atoms with E-state index in [0.717, 1.165) is 12.1 Å². The molecule has 1 amide bonds. The zero-order valence-corrected chi connectivity index (χ0v) is 11.1. The van der Waals surface area contributed by atoms with E-state index in [0.29, 0.717) is 0 Å². The smallest absolute Gasteiger partial charge is 0.326 e. The highest BCUT2D eigenvalue weighted by molar-refractivity contribution is 9.10. The van der Waals surface area contributed by atoms with Gasteiger partial charge < -0.3 is 15.5 Å². The first-order chi connectivity index (χ1) is 8.86. The molecule has 0 heterocycles. The number of halogens is 3. The van der Waals surface area contributed by atoms with E-state index in [1.807, 2.05) is 5.32 Å². The number of carboxylic acids is 1. The molecule has 0 bridgehead atoms. The third-order valence-corrected chi connectivity index (χ3v) is 2.71. The predicted molar refractivity (Wildman–Crippen MR) is 64.7 cm³/mol. The van der Waals surface area contributed by atoms with Crippen LogP contribution in [0.3, 0.4) is 0 Å². The molecule has 0 aliphatic heterocycles. The molecule has 1 aromatic carbocycles. The summed E-state index contributed by atoms with van der Waals surface area (Å²) >= 11 is 2.86. The summed E-state index contributed by atoms with van der Waals surface area (Å²) in [6.45, 7) is -0.484. The van der Waals surface area contributed by atoms with E-state index in [-0.39, 0.29) is 10.9 Å². The fraction of sp³-hybridized carbons (Fsp3) is 0.273. The molecular formula is C11H10BrF2NO4. The Morgan fingerprint density at radius 3 is 2.26 bits per heavy atom. The number of amides is 1. The van der Waals surface area contributed by atoms with Gasteiger partial charge >= 0.3 is 5.97 Å². The molecule has 104 valence electrons. The van der Waals surface area contributed by atoms with E-state index in [9.17, 15) is 18.4 Å². The molecule has 1 rings (SSSR count). The minimum absolute atomic E-state index is 0.115. The lowest BCUT2D eigenvalue weighted by molar-refractivity contribution is -0.139. The van der Waals surface area contributed by atoms with Crippen LogP contribution < -0.4 is 5.32 Å². The highest BCUT2D eigenvalue weighted by Crippen LogP contribution is 2.19. The lowest BCUT2D eigenvalue weighted by Crippen LogP contribution is -2.42. The zero-order chi connectivity index (χ0) is 14.6. The number of rotatable bonds is 5. The van der Waals surface area contributed by atoms with Crippen LogP contribution >= 0.6 is 15.9 Å². The van der Waals surface area contributed by atoms with Crippen molar-refractivity contribution in [2.24, 2.45) is 0 Å². The van der Waals surface area contributed by atoms with E-state index in [4.69, 9.17) is 10.2 Å². The molecular weight excluding hydrogens is 328 g/mol. The molecule has 0 aliphatic carbocycles. The minimum Gasteiger partial charge on any atom is -0.480 e. The van der Waals surface area contributed by atoms with Crippen molar-refractivity contribution >= 4 is 27.8 Å². The van der Waals surface area contributed by atoms with Crippen LogP contribution in [0.2, 0.25) is 0 Å². The number of carboxylic acid groups (broad SMARTS) is 1. The second-order valence-corrected chi connectivity index (χ2v) is 4.54. The molecule has 0 fully saturated rings. The van der Waals surface area contributed by atoms with Crippen molar-refractivity contribution in [1.82, 2.24) is 5.32 Å². The van der Waals surface area contributed by atoms with Crippen LogP contribution in [-0.2, 0) is 4.79 Å². The molecule has 19 heavy (non-hydrogen) atoms. The summed E-state index contributed by atoms with van der Waals surface area (Å²) in [6, 6.07) is 0.361. The van der Waals surface area contributed by atoms with E-state index in [2.05, 4.69) is 15.9 Å². The van der Waals surface area contributed by atoms with Gasteiger partial charge in [0.1, 0.15) is 23.2 Å². The Labute approximate surface area is 115 Å². The minimum atomic E-state index is -1.42. The quantitative estimate of drug-likeness (QED) is 0.755. The Kier molecular flexibility index (Phi) is 5.37. The van der Waals surface area contributed by atoms with Crippen LogP contribution in [0.4, 0.5) is 8.78 Å². The Balaban J connectivity index is 2.98. The Hall–Kier alpha value is -1.54. The number of aliphatic hydroxyl groups excluding tert-OH is 1. The van der Waals surface area contributed by atoms with Crippen LogP contribution in [0.15, 0.2) is 16.6 Å². The lowest BCUT2D eigenvalue weighted by Gasteiger charge is -2.14. The first kappa shape index (κ1) is 15.5. The van der Waals surface area contributed by atoms with Crippen molar-refractivity contribution in [1.29, 1.82) is 0 Å². The topological polar surface area (TPSA) is 86.6 Å². The Bertz CT molecular complexity index is 486. The largest absolute Gasteiger partial charge is 0.480 e. The average molecular weight is 338 g/mol. The standard InChI is InChI=1S/C11H10BrF2NO4/c12-5-3-6(13)9(7(14)4-5)10(17)15-8(1-2-16)11(18)19/h3-4,8,16H,1-2H2,(H,15,17)(H,18,19)/t8-/m0/s1. The highest BCUT2D eigenvalue weighted by Gasteiger charge is 2.24. The molecule has 0 saturated carbocycles. The van der Waals surface area contributed by atoms with Crippen molar-refractivity contribution in [3.05, 3.63) is 33.8 Å². The van der Waals surface area contributed by atoms with Crippen molar-refractivity contribution in [2.45, 2.75) is 12.5 Å². The molecule has 1 atom stereocenters. The van der Waals surface area contributed by atoms with E-state index < -0.39 is 41.7 Å². The molecule has 0 spiro atoms. The van der Waals surface area contributed by atoms with Crippen LogP contribution in [-0.4, -0.2) is 34.7 Å². The summed E-state index contributed by atoms with van der Waals surface area (Å²) in [6.07, 6.45) is -0.263. The maximum Gasteiger partial charge on any atom is 0.326 e. The molecule has 5 nitrogen and oxygen atoms in total. The summed E-state index contributed by atoms with van der Waals surface area (Å²) < 4.78 is 27.1. The van der Waals surface area contributed by atoms with Gasteiger partial charge in [0.2, 0.25) is 0 Å². The maximum absolute atomic E-state index is 13.5. The summed E-state index contributed by atoms with van der Waals surface area (Å²) in [5.41, 5.74) is -0.868. The van der Waals surface area contributed by atoms with Crippen molar-refractivity contribution < 1.29 is 28.6 Å². The fourth-order valence-electron chi connectivity index (χ4n) is 1.38. The summed E-state index contributed by atoms with van der Waals surface area (Å²) in [4.78, 5) is 22.4. The van der Waals surface area contributed by atoms with Gasteiger partial charge in [0.05, 0.1) is 0 Å². The molecule has 0 saturated heterocycles. The zero-order valence-electron chi connectivity index (χ0n) is 9.49. The molecule has 8 heteroatoms. The Morgan fingerprint density at radius 1 is 1.32 bits per heavy atom. The van der Waals surface area contributed by atoms with E-state index in [1.54, 1.807) is 0 Å². The van der Waals surface area contributed by atoms with Gasteiger partial charge in [-0.15, -0.1) is 0 Å². The average Bonchev–Trinajstić information content (AvgIpc) is 2.26. The van der Waals surface area contributed by atoms with Crippen LogP contribution in [0.5, 0.6) is 0 Å². The normalized spacial score (nSPS) is 12.0. The van der Waals surface area contributed by atoms with Crippen LogP contribution in [0, 0.1) is 11.6 Å². The molecule has 0 aromatic heterocycles. The van der Waals surface area contributed by atoms with E-state index >= 15 is 0 Å². The first-order valence-electron chi connectivity index (χ1n) is 5.16. The predicted octanol–water partition coefficient (Wildman–Crippen LogP) is 1.29. The van der Waals surface area contributed by atoms with Gasteiger partial charge in [-0.05, 0) is 12.1 Å². The van der Waals surface area contributed by atoms with E-state index in [1.165, 1.54) is 0 Å². The number of benzene rings is 1. The molecule has 0 unspecified atom stereocenters. The van der Waals surface area contributed by atoms with Crippen LogP contribution in [0.1, 0.15) is 16.8 Å². The number of carbonyl (C=O) groups excluding carboxylic acids is 1. The first-order valence-corrected chi connectivity index (χ1v) is 5.95. The third kappa shape index (κ3) is 3.97. The van der Waals surface area contributed by atoms with Crippen molar-refractivity contribution in [2.75, 3.05) is 6.61 Å². The second-order valence-electron chi connectivity index (χ2n) is 3.62. The number of carbonyl (C=O) groups is 2. The second kappa shape index (κ2) is 6.58. The van der Waals surface area contributed by atoms with Gasteiger partial charge in [-0.1, -0.05) is 15.9 Å². The van der Waals surface area contributed by atoms with Gasteiger partial charge in [-0.2, -0.15) is 0 Å². The number of hydrogen-bond acceptors (Lipinski definition) is 3. The Morgan fingerprint density at radius 2 is 1.84 bits per heavy atom. The monoisotopic (exact) mass is 337 g/mol. The van der Waals surface area contributed by atoms with Crippen LogP contribution in [0.25, 0.3) is 0 Å².